The van der Waals surface area contributed by atoms with Crippen LogP contribution in [0, 0.1) is 23.5 Å². The lowest BCUT2D eigenvalue weighted by Crippen LogP contribution is -2.41. The Balaban J connectivity index is 1.60. The van der Waals surface area contributed by atoms with Gasteiger partial charge >= 0.3 is 5.97 Å². The first-order chi connectivity index (χ1) is 12.4. The number of halogens is 2. The Kier molecular flexibility index (Phi) is 5.16. The van der Waals surface area contributed by atoms with E-state index < -0.39 is 35.3 Å². The van der Waals surface area contributed by atoms with Crippen LogP contribution in [0.25, 0.3) is 0 Å². The van der Waals surface area contributed by atoms with Gasteiger partial charge in [-0.2, -0.15) is 0 Å². The summed E-state index contributed by atoms with van der Waals surface area (Å²) in [6.45, 7) is 0.00273. The average molecular weight is 361 g/mol. The highest BCUT2D eigenvalue weighted by atomic mass is 19.1. The van der Waals surface area contributed by atoms with E-state index in [1.54, 1.807) is 6.07 Å². The zero-order valence-electron chi connectivity index (χ0n) is 13.7. The lowest BCUT2D eigenvalue weighted by atomic mass is 9.73. The van der Waals surface area contributed by atoms with Gasteiger partial charge in [0.1, 0.15) is 12.4 Å². The largest absolute Gasteiger partial charge is 0.486 e. The third kappa shape index (κ3) is 3.99. The number of carboxylic acids is 1. The molecule has 1 fully saturated rings. The van der Waals surface area contributed by atoms with Crippen LogP contribution < -0.4 is 10.1 Å². The first-order valence-corrected chi connectivity index (χ1v) is 8.14. The summed E-state index contributed by atoms with van der Waals surface area (Å²) in [7, 11) is 0. The second kappa shape index (κ2) is 7.51. The molecule has 1 amide bonds. The summed E-state index contributed by atoms with van der Waals surface area (Å²) in [5.74, 6) is -3.82. The Hall–Kier alpha value is -2.96. The Bertz CT molecular complexity index is 840. The summed E-state index contributed by atoms with van der Waals surface area (Å²) in [6.07, 6.45) is 0.967. The van der Waals surface area contributed by atoms with E-state index in [9.17, 15) is 18.4 Å². The number of anilines is 1. The molecule has 0 saturated heterocycles. The van der Waals surface area contributed by atoms with Crippen molar-refractivity contribution in [1.29, 1.82) is 0 Å². The third-order valence-corrected chi connectivity index (χ3v) is 4.41. The summed E-state index contributed by atoms with van der Waals surface area (Å²) in [5, 5.41) is 11.5. The van der Waals surface area contributed by atoms with Crippen molar-refractivity contribution >= 4 is 17.6 Å². The third-order valence-electron chi connectivity index (χ3n) is 4.41. The fraction of sp³-hybridized carbons (Fsp3) is 0.263. The monoisotopic (exact) mass is 361 g/mol. The summed E-state index contributed by atoms with van der Waals surface area (Å²) < 4.78 is 32.6. The van der Waals surface area contributed by atoms with Gasteiger partial charge in [0.05, 0.1) is 11.8 Å². The van der Waals surface area contributed by atoms with Crippen LogP contribution in [-0.4, -0.2) is 17.0 Å². The molecule has 136 valence electrons. The van der Waals surface area contributed by atoms with Crippen molar-refractivity contribution in [2.24, 2.45) is 11.8 Å². The van der Waals surface area contributed by atoms with Crippen molar-refractivity contribution in [3.63, 3.8) is 0 Å². The molecule has 1 aliphatic rings. The van der Waals surface area contributed by atoms with Gasteiger partial charge in [0.25, 0.3) is 0 Å². The molecule has 5 nitrogen and oxygen atoms in total. The van der Waals surface area contributed by atoms with E-state index in [-0.39, 0.29) is 18.0 Å². The van der Waals surface area contributed by atoms with Crippen molar-refractivity contribution in [3.05, 3.63) is 59.7 Å². The van der Waals surface area contributed by atoms with Crippen LogP contribution in [0.3, 0.4) is 0 Å². The number of ether oxygens (including phenoxy) is 1. The highest BCUT2D eigenvalue weighted by Gasteiger charge is 2.41. The summed E-state index contributed by atoms with van der Waals surface area (Å²) in [5.41, 5.74) is 0.785. The molecule has 2 aromatic rings. The predicted molar refractivity (Wildman–Crippen MR) is 89.6 cm³/mol. The van der Waals surface area contributed by atoms with E-state index in [1.807, 2.05) is 0 Å². The minimum Gasteiger partial charge on any atom is -0.486 e. The molecule has 3 rings (SSSR count). The number of aliphatic carboxylic acids is 1. The number of nitrogens with one attached hydrogen (secondary N) is 1. The fourth-order valence-corrected chi connectivity index (χ4v) is 2.83. The van der Waals surface area contributed by atoms with Gasteiger partial charge in [0.15, 0.2) is 11.6 Å². The predicted octanol–water partition coefficient (Wildman–Crippen LogP) is 3.59. The van der Waals surface area contributed by atoms with Gasteiger partial charge in [-0.05, 0) is 42.7 Å². The van der Waals surface area contributed by atoms with Gasteiger partial charge in [-0.25, -0.2) is 8.78 Å². The molecule has 2 N–H and O–H groups in total. The lowest BCUT2D eigenvalue weighted by Gasteiger charge is -2.31. The fourth-order valence-electron chi connectivity index (χ4n) is 2.83. The van der Waals surface area contributed by atoms with Crippen LogP contribution in [0.2, 0.25) is 0 Å². The molecule has 0 aromatic heterocycles. The van der Waals surface area contributed by atoms with Gasteiger partial charge in [0, 0.05) is 11.8 Å². The Morgan fingerprint density at radius 3 is 2.50 bits per heavy atom. The van der Waals surface area contributed by atoms with Crippen LogP contribution in [-0.2, 0) is 16.2 Å². The Morgan fingerprint density at radius 1 is 1.12 bits per heavy atom. The molecule has 1 aliphatic carbocycles. The van der Waals surface area contributed by atoms with Crippen molar-refractivity contribution in [2.45, 2.75) is 19.4 Å². The Morgan fingerprint density at radius 2 is 1.88 bits per heavy atom. The van der Waals surface area contributed by atoms with E-state index >= 15 is 0 Å². The molecular weight excluding hydrogens is 344 g/mol. The van der Waals surface area contributed by atoms with Crippen molar-refractivity contribution < 1.29 is 28.2 Å². The molecule has 2 unspecified atom stereocenters. The zero-order valence-corrected chi connectivity index (χ0v) is 13.7. The Labute approximate surface area is 148 Å². The first-order valence-electron chi connectivity index (χ1n) is 8.14. The quantitative estimate of drug-likeness (QED) is 0.824. The molecule has 0 spiro atoms. The number of hydrogen-bond donors (Lipinski definition) is 2. The van der Waals surface area contributed by atoms with E-state index in [2.05, 4.69) is 5.32 Å². The smallest absolute Gasteiger partial charge is 0.307 e. The number of carboxylic acid groups (broad SMARTS) is 1. The van der Waals surface area contributed by atoms with Gasteiger partial charge < -0.3 is 15.2 Å². The topological polar surface area (TPSA) is 75.6 Å². The minimum atomic E-state index is -0.997. The normalized spacial score (nSPS) is 18.7. The second-order valence-electron chi connectivity index (χ2n) is 6.18. The van der Waals surface area contributed by atoms with Gasteiger partial charge in [-0.3, -0.25) is 9.59 Å². The van der Waals surface area contributed by atoms with Crippen LogP contribution in [0.4, 0.5) is 14.5 Å². The van der Waals surface area contributed by atoms with E-state index in [4.69, 9.17) is 9.84 Å². The summed E-state index contributed by atoms with van der Waals surface area (Å²) in [6, 6.07) is 9.73. The molecule has 26 heavy (non-hydrogen) atoms. The number of carbonyl (C=O) groups is 2. The van der Waals surface area contributed by atoms with E-state index in [0.29, 0.717) is 18.4 Å². The number of carbonyl (C=O) groups excluding carboxylic acids is 1. The average Bonchev–Trinajstić information content (AvgIpc) is 2.52. The van der Waals surface area contributed by atoms with E-state index in [0.717, 1.165) is 6.07 Å². The standard InChI is InChI=1S/C19H17F2NO4/c20-12-3-1-2-11(8-12)10-26-17-7-4-13(9-16(17)21)22-18(23)14-5-6-15(14)19(24)25/h1-4,7-9,14-15H,5-6,10H2,(H,22,23)(H,24,25). The number of rotatable bonds is 6. The summed E-state index contributed by atoms with van der Waals surface area (Å²) >= 11 is 0. The van der Waals surface area contributed by atoms with Crippen LogP contribution in [0.15, 0.2) is 42.5 Å². The van der Waals surface area contributed by atoms with Crippen molar-refractivity contribution in [1.82, 2.24) is 0 Å². The summed E-state index contributed by atoms with van der Waals surface area (Å²) in [4.78, 5) is 23.1. The molecule has 0 bridgehead atoms. The molecule has 0 radical (unpaired) electrons. The SMILES string of the molecule is O=C(O)C1CCC1C(=O)Nc1ccc(OCc2cccc(F)c2)c(F)c1. The molecule has 0 heterocycles. The van der Waals surface area contributed by atoms with Gasteiger partial charge in [-0.1, -0.05) is 12.1 Å². The van der Waals surface area contributed by atoms with Gasteiger partial charge in [-0.15, -0.1) is 0 Å². The molecule has 1 saturated carbocycles. The van der Waals surface area contributed by atoms with Crippen LogP contribution >= 0.6 is 0 Å². The maximum absolute atomic E-state index is 14.1. The molecule has 0 aliphatic heterocycles. The minimum absolute atomic E-state index is 0.00273. The molecule has 2 atom stereocenters. The van der Waals surface area contributed by atoms with Gasteiger partial charge in [0.2, 0.25) is 5.91 Å². The number of benzene rings is 2. The first kappa shape index (κ1) is 17.8. The maximum atomic E-state index is 14.1. The van der Waals surface area contributed by atoms with E-state index in [1.165, 1.54) is 30.3 Å². The highest BCUT2D eigenvalue weighted by molar-refractivity contribution is 5.96. The molecule has 2 aromatic carbocycles. The maximum Gasteiger partial charge on any atom is 0.307 e. The highest BCUT2D eigenvalue weighted by Crippen LogP contribution is 2.35. The van der Waals surface area contributed by atoms with Crippen molar-refractivity contribution in [2.75, 3.05) is 5.32 Å². The zero-order chi connectivity index (χ0) is 18.7. The van der Waals surface area contributed by atoms with Crippen LogP contribution in [0.1, 0.15) is 18.4 Å². The molecule has 7 heteroatoms. The molecular formula is C19H17F2NO4. The van der Waals surface area contributed by atoms with Crippen LogP contribution in [0.5, 0.6) is 5.75 Å². The number of hydrogen-bond acceptors (Lipinski definition) is 3. The number of amides is 1. The lowest BCUT2D eigenvalue weighted by molar-refractivity contribution is -0.151. The van der Waals surface area contributed by atoms with Crippen molar-refractivity contribution in [3.8, 4) is 5.75 Å². The second-order valence-corrected chi connectivity index (χ2v) is 6.18.